The smallest absolute Gasteiger partial charge is 0.0787 e. The highest BCUT2D eigenvalue weighted by Crippen LogP contribution is 2.08. The summed E-state index contributed by atoms with van der Waals surface area (Å²) in [6.07, 6.45) is 4.12. The van der Waals surface area contributed by atoms with Crippen LogP contribution >= 0.6 is 0 Å². The summed E-state index contributed by atoms with van der Waals surface area (Å²) in [6.45, 7) is 10.3. The third-order valence-corrected chi connectivity index (χ3v) is 3.08. The van der Waals surface area contributed by atoms with Crippen molar-refractivity contribution in [2.24, 2.45) is 5.73 Å². The van der Waals surface area contributed by atoms with Gasteiger partial charge in [0, 0.05) is 6.42 Å². The van der Waals surface area contributed by atoms with Crippen LogP contribution in [0.1, 0.15) is 33.6 Å². The highest BCUT2D eigenvalue weighted by Gasteiger charge is 2.14. The van der Waals surface area contributed by atoms with E-state index in [0.29, 0.717) is 0 Å². The molecule has 2 nitrogen and oxygen atoms in total. The molecule has 0 radical (unpaired) electrons. The minimum atomic E-state index is 0. The maximum atomic E-state index is 5.42. The lowest BCUT2D eigenvalue weighted by molar-refractivity contribution is -0.906. The predicted octanol–water partition coefficient (Wildman–Crippen LogP) is -0.880. The van der Waals surface area contributed by atoms with Crippen LogP contribution in [0.2, 0.25) is 0 Å². The number of nitrogens with zero attached hydrogens (tertiary/aromatic N) is 1. The van der Waals surface area contributed by atoms with Gasteiger partial charge in [0.25, 0.3) is 0 Å². The van der Waals surface area contributed by atoms with Gasteiger partial charge in [0.15, 0.2) is 0 Å². The van der Waals surface area contributed by atoms with Crippen LogP contribution in [0.4, 0.5) is 0 Å². The molecule has 0 heterocycles. The van der Waals surface area contributed by atoms with Gasteiger partial charge >= 0.3 is 0 Å². The number of hydrogen-bond acceptors (Lipinski definition) is 1. The van der Waals surface area contributed by atoms with Crippen molar-refractivity contribution in [2.75, 3.05) is 26.7 Å². The molecule has 0 aromatic heterocycles. The fraction of sp³-hybridized carbons (Fsp3) is 0.818. The first-order valence-electron chi connectivity index (χ1n) is 5.29. The van der Waals surface area contributed by atoms with Crippen molar-refractivity contribution in [3.05, 3.63) is 11.8 Å². The first kappa shape index (κ1) is 16.2. The van der Waals surface area contributed by atoms with Crippen molar-refractivity contribution in [3.63, 3.8) is 0 Å². The SMILES string of the molecule is CC[N+](C)(CC)CCCC(C)=CN.[Cl-]. The van der Waals surface area contributed by atoms with Crippen molar-refractivity contribution in [1.29, 1.82) is 0 Å². The highest BCUT2D eigenvalue weighted by molar-refractivity contribution is 4.93. The van der Waals surface area contributed by atoms with E-state index in [1.807, 2.05) is 0 Å². The Morgan fingerprint density at radius 1 is 1.29 bits per heavy atom. The molecule has 86 valence electrons. The molecule has 2 N–H and O–H groups in total. The van der Waals surface area contributed by atoms with Crippen LogP contribution in [0.3, 0.4) is 0 Å². The van der Waals surface area contributed by atoms with Gasteiger partial charge in [-0.1, -0.05) is 5.57 Å². The van der Waals surface area contributed by atoms with Gasteiger partial charge in [-0.15, -0.1) is 0 Å². The monoisotopic (exact) mass is 220 g/mol. The fourth-order valence-corrected chi connectivity index (χ4v) is 1.36. The third kappa shape index (κ3) is 6.28. The molecule has 0 amide bonds. The number of nitrogens with two attached hydrogens (primary N) is 1. The molecule has 0 aliphatic carbocycles. The zero-order valence-corrected chi connectivity index (χ0v) is 10.8. The lowest BCUT2D eigenvalue weighted by Gasteiger charge is -2.32. The Hall–Kier alpha value is -0.210. The molecule has 0 unspecified atom stereocenters. The van der Waals surface area contributed by atoms with Gasteiger partial charge in [0.2, 0.25) is 0 Å². The topological polar surface area (TPSA) is 26.0 Å². The number of quaternary nitrogens is 1. The summed E-state index contributed by atoms with van der Waals surface area (Å²) >= 11 is 0. The molecular formula is C11H25ClN2. The van der Waals surface area contributed by atoms with E-state index in [1.165, 1.54) is 36.1 Å². The molecule has 0 spiro atoms. The van der Waals surface area contributed by atoms with E-state index in [4.69, 9.17) is 5.73 Å². The molecule has 3 heteroatoms. The second kappa shape index (κ2) is 8.13. The van der Waals surface area contributed by atoms with Gasteiger partial charge in [-0.3, -0.25) is 0 Å². The first-order valence-corrected chi connectivity index (χ1v) is 5.29. The normalized spacial score (nSPS) is 12.4. The van der Waals surface area contributed by atoms with Gasteiger partial charge in [-0.25, -0.2) is 0 Å². The van der Waals surface area contributed by atoms with Crippen LogP contribution in [0.5, 0.6) is 0 Å². The van der Waals surface area contributed by atoms with Gasteiger partial charge < -0.3 is 22.6 Å². The molecule has 0 saturated carbocycles. The second-order valence-electron chi connectivity index (χ2n) is 4.09. The molecule has 0 bridgehead atoms. The Kier molecular flexibility index (Phi) is 9.42. The summed E-state index contributed by atoms with van der Waals surface area (Å²) < 4.78 is 1.18. The molecule has 0 atom stereocenters. The summed E-state index contributed by atoms with van der Waals surface area (Å²) in [5, 5.41) is 0. The van der Waals surface area contributed by atoms with E-state index in [0.717, 1.165) is 6.42 Å². The Balaban J connectivity index is 0. The van der Waals surface area contributed by atoms with Gasteiger partial charge in [0.1, 0.15) is 0 Å². The minimum Gasteiger partial charge on any atom is -1.00 e. The van der Waals surface area contributed by atoms with Crippen LogP contribution in [-0.2, 0) is 0 Å². The summed E-state index contributed by atoms with van der Waals surface area (Å²) in [6, 6.07) is 0. The van der Waals surface area contributed by atoms with Gasteiger partial charge in [-0.05, 0) is 33.4 Å². The average Bonchev–Trinajstić information content (AvgIpc) is 2.17. The summed E-state index contributed by atoms with van der Waals surface area (Å²) in [4.78, 5) is 0. The summed E-state index contributed by atoms with van der Waals surface area (Å²) in [5.74, 6) is 0. The van der Waals surface area contributed by atoms with E-state index in [9.17, 15) is 0 Å². The van der Waals surface area contributed by atoms with Gasteiger partial charge in [-0.2, -0.15) is 0 Å². The van der Waals surface area contributed by atoms with Crippen LogP contribution in [0.15, 0.2) is 11.8 Å². The maximum absolute atomic E-state index is 5.42. The maximum Gasteiger partial charge on any atom is 0.0787 e. The number of hydrogen-bond donors (Lipinski definition) is 1. The van der Waals surface area contributed by atoms with E-state index in [-0.39, 0.29) is 12.4 Å². The van der Waals surface area contributed by atoms with Crippen LogP contribution in [-0.4, -0.2) is 31.2 Å². The highest BCUT2D eigenvalue weighted by atomic mass is 35.5. The number of halogens is 1. The average molecular weight is 221 g/mol. The van der Waals surface area contributed by atoms with Crippen molar-refractivity contribution in [1.82, 2.24) is 0 Å². The Morgan fingerprint density at radius 2 is 1.79 bits per heavy atom. The standard InChI is InChI=1S/C11H25N2.ClH/c1-5-13(4,6-2)9-7-8-11(3)10-12;/h10H,5-9,12H2,1-4H3;1H/q+1;/p-1. The largest absolute Gasteiger partial charge is 1.00 e. The minimum absolute atomic E-state index is 0. The van der Waals surface area contributed by atoms with Crippen molar-refractivity contribution < 1.29 is 16.9 Å². The molecule has 0 aromatic rings. The molecule has 0 fully saturated rings. The zero-order chi connectivity index (χ0) is 10.3. The first-order chi connectivity index (χ1) is 6.08. The second-order valence-corrected chi connectivity index (χ2v) is 4.09. The van der Waals surface area contributed by atoms with Crippen LogP contribution < -0.4 is 18.1 Å². The quantitative estimate of drug-likeness (QED) is 0.579. The molecule has 0 saturated heterocycles. The zero-order valence-electron chi connectivity index (χ0n) is 10.0. The molecular weight excluding hydrogens is 196 g/mol. The summed E-state index contributed by atoms with van der Waals surface area (Å²) in [7, 11) is 2.32. The Labute approximate surface area is 95.2 Å². The molecule has 0 rings (SSSR count). The fourth-order valence-electron chi connectivity index (χ4n) is 1.36. The van der Waals surface area contributed by atoms with Crippen LogP contribution in [0, 0.1) is 0 Å². The van der Waals surface area contributed by atoms with Crippen molar-refractivity contribution in [3.8, 4) is 0 Å². The lowest BCUT2D eigenvalue weighted by Crippen LogP contribution is -3.00. The van der Waals surface area contributed by atoms with Crippen LogP contribution in [0.25, 0.3) is 0 Å². The molecule has 0 aliphatic rings. The van der Waals surface area contributed by atoms with E-state index >= 15 is 0 Å². The molecule has 14 heavy (non-hydrogen) atoms. The molecule has 0 aliphatic heterocycles. The van der Waals surface area contributed by atoms with Gasteiger partial charge in [0.05, 0.1) is 26.7 Å². The predicted molar refractivity (Wildman–Crippen MR) is 59.3 cm³/mol. The lowest BCUT2D eigenvalue weighted by atomic mass is 10.1. The Bertz CT molecular complexity index is 163. The number of rotatable bonds is 6. The Morgan fingerprint density at radius 3 is 2.14 bits per heavy atom. The van der Waals surface area contributed by atoms with Crippen molar-refractivity contribution >= 4 is 0 Å². The van der Waals surface area contributed by atoms with E-state index in [1.54, 1.807) is 6.20 Å². The summed E-state index contributed by atoms with van der Waals surface area (Å²) in [5.41, 5.74) is 6.72. The van der Waals surface area contributed by atoms with Crippen molar-refractivity contribution in [2.45, 2.75) is 33.6 Å². The van der Waals surface area contributed by atoms with E-state index in [2.05, 4.69) is 27.8 Å². The van der Waals surface area contributed by atoms with E-state index < -0.39 is 0 Å². The number of allylic oxidation sites excluding steroid dienone is 1. The third-order valence-electron chi connectivity index (χ3n) is 3.08. The molecule has 0 aromatic carbocycles.